The number of carbonyl (C=O) groups is 3. The second-order valence-corrected chi connectivity index (χ2v) is 6.64. The molecule has 0 aliphatic carbocycles. The van der Waals surface area contributed by atoms with Gasteiger partial charge in [-0.2, -0.15) is 0 Å². The molecule has 140 valence electrons. The van der Waals surface area contributed by atoms with Crippen molar-refractivity contribution < 1.29 is 14.4 Å². The molecule has 1 saturated heterocycles. The molecule has 27 heavy (non-hydrogen) atoms. The highest BCUT2D eigenvalue weighted by Gasteiger charge is 2.23. The van der Waals surface area contributed by atoms with Crippen molar-refractivity contribution in [2.45, 2.75) is 6.92 Å². The van der Waals surface area contributed by atoms with Crippen LogP contribution in [-0.4, -0.2) is 59.2 Å². The van der Waals surface area contributed by atoms with Gasteiger partial charge >= 0.3 is 0 Å². The maximum atomic E-state index is 12.6. The second-order valence-electron chi connectivity index (χ2n) is 6.23. The highest BCUT2D eigenvalue weighted by atomic mass is 35.5. The van der Waals surface area contributed by atoms with Gasteiger partial charge in [-0.3, -0.25) is 19.4 Å². The molecule has 1 aromatic heterocycles. The smallest absolute Gasteiger partial charge is 0.272 e. The van der Waals surface area contributed by atoms with Crippen LogP contribution >= 0.6 is 11.6 Å². The number of hydrogen-bond acceptors (Lipinski definition) is 4. The van der Waals surface area contributed by atoms with Gasteiger partial charge in [-0.05, 0) is 36.8 Å². The van der Waals surface area contributed by atoms with Crippen LogP contribution < -0.4 is 5.32 Å². The lowest BCUT2D eigenvalue weighted by Crippen LogP contribution is -2.48. The normalized spacial score (nSPS) is 14.0. The molecular formula is C19H19ClN4O3. The van der Waals surface area contributed by atoms with Gasteiger partial charge in [0.25, 0.3) is 11.8 Å². The standard InChI is InChI=1S/C19H19ClN4O3/c1-13-15(20)3-2-4-16(13)22-18(26)14-5-6-21-17(11-14)19(27)24-9-7-23(12-25)8-10-24/h2-6,11-12H,7-10H2,1H3,(H,22,26). The lowest BCUT2D eigenvalue weighted by atomic mass is 10.1. The third-order valence-electron chi connectivity index (χ3n) is 4.51. The molecule has 0 radical (unpaired) electrons. The van der Waals surface area contributed by atoms with Crippen molar-refractivity contribution in [2.75, 3.05) is 31.5 Å². The zero-order chi connectivity index (χ0) is 19.4. The first-order valence-corrected chi connectivity index (χ1v) is 8.88. The molecule has 0 spiro atoms. The number of nitrogens with zero attached hydrogens (tertiary/aromatic N) is 3. The summed E-state index contributed by atoms with van der Waals surface area (Å²) in [6, 6.07) is 8.30. The Morgan fingerprint density at radius 3 is 2.63 bits per heavy atom. The summed E-state index contributed by atoms with van der Waals surface area (Å²) in [6.07, 6.45) is 2.22. The highest BCUT2D eigenvalue weighted by Crippen LogP contribution is 2.23. The molecule has 3 amide bonds. The number of aromatic nitrogens is 1. The summed E-state index contributed by atoms with van der Waals surface area (Å²) in [5.41, 5.74) is 1.91. The van der Waals surface area contributed by atoms with E-state index in [4.69, 9.17) is 11.6 Å². The Labute approximate surface area is 161 Å². The summed E-state index contributed by atoms with van der Waals surface area (Å²) >= 11 is 6.08. The van der Waals surface area contributed by atoms with E-state index in [1.165, 1.54) is 12.3 Å². The Hall–Kier alpha value is -2.93. The number of benzene rings is 1. The number of hydrogen-bond donors (Lipinski definition) is 1. The van der Waals surface area contributed by atoms with Crippen molar-refractivity contribution in [3.05, 3.63) is 58.4 Å². The molecule has 2 aromatic rings. The van der Waals surface area contributed by atoms with E-state index in [1.54, 1.807) is 34.1 Å². The van der Waals surface area contributed by atoms with E-state index >= 15 is 0 Å². The van der Waals surface area contributed by atoms with Gasteiger partial charge in [-0.15, -0.1) is 0 Å². The summed E-state index contributed by atoms with van der Waals surface area (Å²) in [5.74, 6) is -0.600. The van der Waals surface area contributed by atoms with Gasteiger partial charge in [0.1, 0.15) is 5.69 Å². The number of carbonyl (C=O) groups excluding carboxylic acids is 3. The van der Waals surface area contributed by atoms with Crippen LogP contribution in [0.15, 0.2) is 36.5 Å². The van der Waals surface area contributed by atoms with Gasteiger partial charge in [-0.1, -0.05) is 17.7 Å². The fourth-order valence-corrected chi connectivity index (χ4v) is 2.99. The molecule has 1 aliphatic rings. The van der Waals surface area contributed by atoms with Crippen LogP contribution in [0.3, 0.4) is 0 Å². The molecular weight excluding hydrogens is 368 g/mol. The number of rotatable bonds is 4. The fraction of sp³-hybridized carbons (Fsp3) is 0.263. The summed E-state index contributed by atoms with van der Waals surface area (Å²) in [6.45, 7) is 3.68. The van der Waals surface area contributed by atoms with Crippen LogP contribution in [0, 0.1) is 6.92 Å². The van der Waals surface area contributed by atoms with E-state index in [0.29, 0.717) is 42.5 Å². The van der Waals surface area contributed by atoms with E-state index in [0.717, 1.165) is 12.0 Å². The molecule has 1 aliphatic heterocycles. The van der Waals surface area contributed by atoms with Crippen molar-refractivity contribution in [1.82, 2.24) is 14.8 Å². The Bertz CT molecular complexity index is 879. The SMILES string of the molecule is Cc1c(Cl)cccc1NC(=O)c1ccnc(C(=O)N2CCN(C=O)CC2)c1. The first-order valence-electron chi connectivity index (χ1n) is 8.50. The Balaban J connectivity index is 1.73. The van der Waals surface area contributed by atoms with Gasteiger partial charge in [0.05, 0.1) is 0 Å². The Morgan fingerprint density at radius 2 is 1.93 bits per heavy atom. The van der Waals surface area contributed by atoms with Crippen molar-refractivity contribution in [2.24, 2.45) is 0 Å². The van der Waals surface area contributed by atoms with E-state index in [1.807, 2.05) is 6.92 Å². The predicted octanol–water partition coefficient (Wildman–Crippen LogP) is 2.21. The number of piperazine rings is 1. The Morgan fingerprint density at radius 1 is 1.19 bits per heavy atom. The third kappa shape index (κ3) is 4.25. The van der Waals surface area contributed by atoms with Gasteiger partial charge in [0.15, 0.2) is 0 Å². The van der Waals surface area contributed by atoms with E-state index in [-0.39, 0.29) is 17.5 Å². The van der Waals surface area contributed by atoms with E-state index in [2.05, 4.69) is 10.3 Å². The molecule has 1 N–H and O–H groups in total. The Kier molecular flexibility index (Phi) is 5.71. The lowest BCUT2D eigenvalue weighted by Gasteiger charge is -2.32. The number of nitrogens with one attached hydrogen (secondary N) is 1. The zero-order valence-corrected chi connectivity index (χ0v) is 15.6. The molecule has 1 aromatic carbocycles. The molecule has 1 fully saturated rings. The van der Waals surface area contributed by atoms with E-state index in [9.17, 15) is 14.4 Å². The molecule has 7 nitrogen and oxygen atoms in total. The van der Waals surface area contributed by atoms with Gasteiger partial charge < -0.3 is 15.1 Å². The average molecular weight is 387 g/mol. The van der Waals surface area contributed by atoms with Crippen LogP contribution in [0.1, 0.15) is 26.4 Å². The molecule has 2 heterocycles. The van der Waals surface area contributed by atoms with Crippen LogP contribution in [0.2, 0.25) is 5.02 Å². The molecule has 0 bridgehead atoms. The minimum absolute atomic E-state index is 0.199. The third-order valence-corrected chi connectivity index (χ3v) is 4.92. The monoisotopic (exact) mass is 386 g/mol. The maximum absolute atomic E-state index is 12.6. The average Bonchev–Trinajstić information content (AvgIpc) is 2.71. The van der Waals surface area contributed by atoms with Crippen molar-refractivity contribution in [1.29, 1.82) is 0 Å². The topological polar surface area (TPSA) is 82.6 Å². The first-order chi connectivity index (χ1) is 13.0. The summed E-state index contributed by atoms with van der Waals surface area (Å²) < 4.78 is 0. The molecule has 0 unspecified atom stereocenters. The van der Waals surface area contributed by atoms with Crippen LogP contribution in [0.25, 0.3) is 0 Å². The largest absolute Gasteiger partial charge is 0.342 e. The molecule has 3 rings (SSSR count). The van der Waals surface area contributed by atoms with Gasteiger partial charge in [-0.25, -0.2) is 0 Å². The lowest BCUT2D eigenvalue weighted by molar-refractivity contribution is -0.119. The number of pyridine rings is 1. The fourth-order valence-electron chi connectivity index (χ4n) is 2.82. The van der Waals surface area contributed by atoms with Gasteiger partial charge in [0, 0.05) is 48.6 Å². The first kappa shape index (κ1) is 18.8. The van der Waals surface area contributed by atoms with Crippen LogP contribution in [-0.2, 0) is 4.79 Å². The van der Waals surface area contributed by atoms with Crippen LogP contribution in [0.5, 0.6) is 0 Å². The zero-order valence-electron chi connectivity index (χ0n) is 14.8. The maximum Gasteiger partial charge on any atom is 0.272 e. The van der Waals surface area contributed by atoms with Crippen LogP contribution in [0.4, 0.5) is 5.69 Å². The molecule has 0 atom stereocenters. The van der Waals surface area contributed by atoms with Crippen molar-refractivity contribution in [3.8, 4) is 0 Å². The number of amides is 3. The quantitative estimate of drug-likeness (QED) is 0.817. The van der Waals surface area contributed by atoms with Gasteiger partial charge in [0.2, 0.25) is 6.41 Å². The second kappa shape index (κ2) is 8.18. The minimum atomic E-state index is -0.345. The minimum Gasteiger partial charge on any atom is -0.342 e. The summed E-state index contributed by atoms with van der Waals surface area (Å²) in [5, 5.41) is 3.37. The molecule has 8 heteroatoms. The van der Waals surface area contributed by atoms with E-state index < -0.39 is 0 Å². The molecule has 0 saturated carbocycles. The summed E-state index contributed by atoms with van der Waals surface area (Å²) in [7, 11) is 0. The summed E-state index contributed by atoms with van der Waals surface area (Å²) in [4.78, 5) is 43.3. The van der Waals surface area contributed by atoms with Crippen molar-refractivity contribution >= 4 is 35.5 Å². The highest BCUT2D eigenvalue weighted by molar-refractivity contribution is 6.31. The van der Waals surface area contributed by atoms with Crippen molar-refractivity contribution in [3.63, 3.8) is 0 Å². The number of anilines is 1. The predicted molar refractivity (Wildman–Crippen MR) is 102 cm³/mol. The number of halogens is 1.